The molecule has 1 rings (SSSR count). The molecule has 0 bridgehead atoms. The Hall–Kier alpha value is -0.780. The predicted molar refractivity (Wildman–Crippen MR) is 106 cm³/mol. The summed E-state index contributed by atoms with van der Waals surface area (Å²) in [6.45, 7) is 8.91. The van der Waals surface area contributed by atoms with Crippen LogP contribution in [0.3, 0.4) is 0 Å². The van der Waals surface area contributed by atoms with Crippen molar-refractivity contribution in [3.63, 3.8) is 0 Å². The molecule has 0 atom stereocenters. The Labute approximate surface area is 146 Å². The van der Waals surface area contributed by atoms with Gasteiger partial charge in [0.15, 0.2) is 0 Å². The zero-order chi connectivity index (χ0) is 16.8. The van der Waals surface area contributed by atoms with Crippen LogP contribution in [-0.4, -0.2) is 0 Å². The van der Waals surface area contributed by atoms with E-state index < -0.39 is 0 Å². The fourth-order valence-corrected chi connectivity index (χ4v) is 3.54. The maximum absolute atomic E-state index is 4.33. The van der Waals surface area contributed by atoms with Gasteiger partial charge in [-0.25, -0.2) is 0 Å². The second kappa shape index (κ2) is 13.6. The highest BCUT2D eigenvalue weighted by atomic mass is 14.2. The number of rotatable bonds is 14. The van der Waals surface area contributed by atoms with E-state index in [1.54, 1.807) is 11.1 Å². The molecule has 0 aromatic heterocycles. The summed E-state index contributed by atoms with van der Waals surface area (Å²) in [5.41, 5.74) is 4.60. The van der Waals surface area contributed by atoms with Gasteiger partial charge in [0.05, 0.1) is 0 Å². The Morgan fingerprint density at radius 1 is 0.739 bits per heavy atom. The van der Waals surface area contributed by atoms with E-state index in [0.29, 0.717) is 0 Å². The molecule has 0 fully saturated rings. The second-order valence-electron chi connectivity index (χ2n) is 7.25. The zero-order valence-corrected chi connectivity index (χ0v) is 16.0. The average molecular weight is 317 g/mol. The van der Waals surface area contributed by atoms with Gasteiger partial charge in [-0.1, -0.05) is 96.8 Å². The van der Waals surface area contributed by atoms with Gasteiger partial charge in [0.1, 0.15) is 0 Å². The molecule has 0 unspecified atom stereocenters. The highest BCUT2D eigenvalue weighted by Gasteiger charge is 2.11. The van der Waals surface area contributed by atoms with Gasteiger partial charge in [0, 0.05) is 0 Å². The molecule has 0 spiro atoms. The summed E-state index contributed by atoms with van der Waals surface area (Å²) in [6.07, 6.45) is 25.0. The van der Waals surface area contributed by atoms with Gasteiger partial charge in [-0.05, 0) is 48.8 Å². The van der Waals surface area contributed by atoms with E-state index in [9.17, 15) is 0 Å². The molecule has 0 amide bonds. The summed E-state index contributed by atoms with van der Waals surface area (Å²) in [5, 5.41) is 0. The molecule has 1 aliphatic carbocycles. The fraction of sp³-hybridized carbons (Fsp3) is 0.739. The number of unbranched alkanes of at least 4 members (excludes halogenated alkanes) is 10. The van der Waals surface area contributed by atoms with Crippen molar-refractivity contribution in [2.24, 2.45) is 0 Å². The molecule has 132 valence electrons. The van der Waals surface area contributed by atoms with E-state index in [1.165, 1.54) is 95.5 Å². The maximum Gasteiger partial charge on any atom is -0.00973 e. The van der Waals surface area contributed by atoms with Crippen LogP contribution in [-0.2, 0) is 0 Å². The standard InChI is InChI=1S/C23H40/c1-4-6-8-10-12-14-18-22-19-16-17-21(3)23(22)20-15-13-11-9-7-5-2/h16,19H,3-15,17-18,20H2,1-2H3. The number of hydrogen-bond acceptors (Lipinski definition) is 0. The fourth-order valence-electron chi connectivity index (χ4n) is 3.54. The molecule has 0 N–H and O–H groups in total. The lowest BCUT2D eigenvalue weighted by Crippen LogP contribution is -1.99. The highest BCUT2D eigenvalue weighted by Crippen LogP contribution is 2.31. The van der Waals surface area contributed by atoms with Crippen molar-refractivity contribution in [3.05, 3.63) is 35.5 Å². The molecule has 0 aliphatic heterocycles. The summed E-state index contributed by atoms with van der Waals surface area (Å²) < 4.78 is 0. The van der Waals surface area contributed by atoms with Crippen molar-refractivity contribution in [2.45, 2.75) is 110 Å². The van der Waals surface area contributed by atoms with Gasteiger partial charge in [-0.3, -0.25) is 0 Å². The second-order valence-corrected chi connectivity index (χ2v) is 7.25. The van der Waals surface area contributed by atoms with Gasteiger partial charge in [-0.2, -0.15) is 0 Å². The monoisotopic (exact) mass is 316 g/mol. The highest BCUT2D eigenvalue weighted by molar-refractivity contribution is 5.43. The number of hydrogen-bond donors (Lipinski definition) is 0. The van der Waals surface area contributed by atoms with E-state index in [4.69, 9.17) is 0 Å². The largest absolute Gasteiger partial charge is 0.0952 e. The summed E-state index contributed by atoms with van der Waals surface area (Å²) in [6, 6.07) is 0. The normalized spacial score (nSPS) is 14.8. The lowest BCUT2D eigenvalue weighted by molar-refractivity contribution is 0.599. The third-order valence-electron chi connectivity index (χ3n) is 5.08. The molecule has 0 saturated heterocycles. The molecular weight excluding hydrogens is 276 g/mol. The minimum absolute atomic E-state index is 1.07. The molecule has 0 heteroatoms. The van der Waals surface area contributed by atoms with Crippen LogP contribution < -0.4 is 0 Å². The summed E-state index contributed by atoms with van der Waals surface area (Å²) in [7, 11) is 0. The van der Waals surface area contributed by atoms with Gasteiger partial charge in [-0.15, -0.1) is 0 Å². The number of allylic oxidation sites excluding steroid dienone is 5. The van der Waals surface area contributed by atoms with Crippen LogP contribution >= 0.6 is 0 Å². The molecule has 0 saturated carbocycles. The minimum Gasteiger partial charge on any atom is -0.0952 e. The van der Waals surface area contributed by atoms with E-state index in [0.717, 1.165) is 6.42 Å². The Kier molecular flexibility index (Phi) is 12.0. The molecule has 0 aromatic carbocycles. The van der Waals surface area contributed by atoms with Crippen LogP contribution in [0.25, 0.3) is 0 Å². The topological polar surface area (TPSA) is 0 Å². The quantitative estimate of drug-likeness (QED) is 0.283. The minimum atomic E-state index is 1.07. The molecule has 0 heterocycles. The first kappa shape index (κ1) is 20.3. The van der Waals surface area contributed by atoms with Gasteiger partial charge >= 0.3 is 0 Å². The van der Waals surface area contributed by atoms with Crippen molar-refractivity contribution in [1.29, 1.82) is 0 Å². The molecular formula is C23H40. The van der Waals surface area contributed by atoms with Crippen molar-refractivity contribution >= 4 is 0 Å². The summed E-state index contributed by atoms with van der Waals surface area (Å²) >= 11 is 0. The Balaban J connectivity index is 2.31. The van der Waals surface area contributed by atoms with Gasteiger partial charge in [0.2, 0.25) is 0 Å². The van der Waals surface area contributed by atoms with Crippen LogP contribution in [0.2, 0.25) is 0 Å². The van der Waals surface area contributed by atoms with Crippen LogP contribution in [0.4, 0.5) is 0 Å². The van der Waals surface area contributed by atoms with E-state index >= 15 is 0 Å². The first-order chi connectivity index (χ1) is 11.3. The lowest BCUT2D eigenvalue weighted by atomic mass is 9.87. The summed E-state index contributed by atoms with van der Waals surface area (Å²) in [4.78, 5) is 0. The smallest absolute Gasteiger partial charge is 0.00973 e. The van der Waals surface area contributed by atoms with Crippen LogP contribution in [0.15, 0.2) is 35.5 Å². The SMILES string of the molecule is C=C1CC=CC(CCCCCCCC)=C1CCCCCCCC. The van der Waals surface area contributed by atoms with Crippen LogP contribution in [0.5, 0.6) is 0 Å². The molecule has 0 aromatic rings. The third-order valence-corrected chi connectivity index (χ3v) is 5.08. The lowest BCUT2D eigenvalue weighted by Gasteiger charge is -2.19. The maximum atomic E-state index is 4.33. The molecule has 23 heavy (non-hydrogen) atoms. The van der Waals surface area contributed by atoms with Crippen LogP contribution in [0.1, 0.15) is 110 Å². The van der Waals surface area contributed by atoms with Crippen molar-refractivity contribution in [3.8, 4) is 0 Å². The van der Waals surface area contributed by atoms with E-state index in [-0.39, 0.29) is 0 Å². The van der Waals surface area contributed by atoms with Crippen molar-refractivity contribution < 1.29 is 0 Å². The Morgan fingerprint density at radius 2 is 1.26 bits per heavy atom. The molecule has 0 nitrogen and oxygen atoms in total. The summed E-state index contributed by atoms with van der Waals surface area (Å²) in [5.74, 6) is 0. The predicted octanol–water partition coefficient (Wildman–Crippen LogP) is 8.30. The van der Waals surface area contributed by atoms with Gasteiger partial charge < -0.3 is 0 Å². The zero-order valence-electron chi connectivity index (χ0n) is 16.0. The van der Waals surface area contributed by atoms with E-state index in [2.05, 4.69) is 32.6 Å². The Bertz CT molecular complexity index is 369. The average Bonchev–Trinajstić information content (AvgIpc) is 2.56. The third kappa shape index (κ3) is 9.18. The van der Waals surface area contributed by atoms with Crippen molar-refractivity contribution in [1.82, 2.24) is 0 Å². The van der Waals surface area contributed by atoms with E-state index in [1.807, 2.05) is 0 Å². The van der Waals surface area contributed by atoms with Crippen LogP contribution in [0, 0.1) is 0 Å². The molecule has 0 radical (unpaired) electrons. The molecule has 1 aliphatic rings. The van der Waals surface area contributed by atoms with Gasteiger partial charge in [0.25, 0.3) is 0 Å². The first-order valence-electron chi connectivity index (χ1n) is 10.4. The first-order valence-corrected chi connectivity index (χ1v) is 10.4. The van der Waals surface area contributed by atoms with Crippen molar-refractivity contribution in [2.75, 3.05) is 0 Å². The Morgan fingerprint density at radius 3 is 1.87 bits per heavy atom.